The van der Waals surface area contributed by atoms with Gasteiger partial charge >= 0.3 is 0 Å². The minimum Gasteiger partial charge on any atom is -0.431 e. The van der Waals surface area contributed by atoms with Crippen molar-refractivity contribution in [3.05, 3.63) is 33.7 Å². The summed E-state index contributed by atoms with van der Waals surface area (Å²) in [6.07, 6.45) is 0. The fraction of sp³-hybridized carbons (Fsp3) is 0.100. The van der Waals surface area contributed by atoms with E-state index < -0.39 is 0 Å². The number of benzene rings is 1. The molecule has 0 aliphatic carbocycles. The van der Waals surface area contributed by atoms with Gasteiger partial charge in [0.25, 0.3) is 5.19 Å². The smallest absolute Gasteiger partial charge is 0.279 e. The topological polar surface area (TPSA) is 48.1 Å². The molecule has 2 N–H and O–H groups in total. The number of nitrogen functional groups attached to an aromatic ring is 1. The van der Waals surface area contributed by atoms with E-state index in [9.17, 15) is 0 Å². The van der Waals surface area contributed by atoms with E-state index in [0.29, 0.717) is 5.19 Å². The van der Waals surface area contributed by atoms with Gasteiger partial charge < -0.3 is 10.5 Å². The fourth-order valence-corrected chi connectivity index (χ4v) is 2.27. The first-order valence-corrected chi connectivity index (χ1v) is 5.97. The second-order valence-electron chi connectivity index (χ2n) is 3.06. The molecule has 1 aromatic heterocycles. The van der Waals surface area contributed by atoms with Crippen molar-refractivity contribution in [1.29, 1.82) is 0 Å². The van der Waals surface area contributed by atoms with Crippen molar-refractivity contribution in [2.45, 2.75) is 6.92 Å². The summed E-state index contributed by atoms with van der Waals surface area (Å²) in [4.78, 5) is 4.15. The van der Waals surface area contributed by atoms with Crippen molar-refractivity contribution in [3.8, 4) is 10.9 Å². The largest absolute Gasteiger partial charge is 0.431 e. The molecular weight excluding hydrogens is 276 g/mol. The molecule has 0 fully saturated rings. The second-order valence-corrected chi connectivity index (χ2v) is 4.70. The van der Waals surface area contributed by atoms with E-state index in [-0.39, 0.29) is 0 Å². The van der Waals surface area contributed by atoms with E-state index in [1.165, 1.54) is 11.3 Å². The molecule has 0 aliphatic heterocycles. The van der Waals surface area contributed by atoms with Crippen LogP contribution in [-0.2, 0) is 0 Å². The zero-order valence-corrected chi connectivity index (χ0v) is 10.4. The minimum atomic E-state index is 0.620. The van der Waals surface area contributed by atoms with Crippen LogP contribution in [0.1, 0.15) is 5.56 Å². The molecule has 0 unspecified atom stereocenters. The van der Waals surface area contributed by atoms with Crippen molar-refractivity contribution in [2.75, 3.05) is 5.73 Å². The van der Waals surface area contributed by atoms with E-state index in [2.05, 4.69) is 20.9 Å². The average molecular weight is 285 g/mol. The maximum Gasteiger partial charge on any atom is 0.279 e. The summed E-state index contributed by atoms with van der Waals surface area (Å²) in [6.45, 7) is 1.95. The van der Waals surface area contributed by atoms with Gasteiger partial charge in [0, 0.05) is 11.1 Å². The highest BCUT2D eigenvalue weighted by Crippen LogP contribution is 2.29. The number of anilines is 1. The Labute approximate surface area is 100 Å². The van der Waals surface area contributed by atoms with Crippen molar-refractivity contribution in [3.63, 3.8) is 0 Å². The lowest BCUT2D eigenvalue weighted by molar-refractivity contribution is 0.474. The molecule has 0 radical (unpaired) electrons. The summed E-state index contributed by atoms with van der Waals surface area (Å²) in [5.41, 5.74) is 7.39. The number of hydrogen-bond donors (Lipinski definition) is 1. The van der Waals surface area contributed by atoms with Gasteiger partial charge in [-0.2, -0.15) is 4.98 Å². The molecule has 0 bridgehead atoms. The van der Waals surface area contributed by atoms with Crippen LogP contribution in [0.2, 0.25) is 0 Å². The quantitative estimate of drug-likeness (QED) is 0.858. The summed E-state index contributed by atoms with van der Waals surface area (Å²) in [5.74, 6) is 0.783. The maximum atomic E-state index is 5.65. The molecule has 2 aromatic rings. The van der Waals surface area contributed by atoms with Gasteiger partial charge in [-0.25, -0.2) is 0 Å². The van der Waals surface area contributed by atoms with E-state index in [1.807, 2.05) is 30.5 Å². The first kappa shape index (κ1) is 10.4. The molecule has 0 atom stereocenters. The third-order valence-corrected chi connectivity index (χ3v) is 3.28. The van der Waals surface area contributed by atoms with Crippen LogP contribution in [0.25, 0.3) is 0 Å². The highest BCUT2D eigenvalue weighted by atomic mass is 79.9. The Hall–Kier alpha value is -1.07. The Balaban J connectivity index is 2.24. The Morgan fingerprint density at radius 1 is 1.47 bits per heavy atom. The van der Waals surface area contributed by atoms with Crippen LogP contribution in [0.3, 0.4) is 0 Å². The van der Waals surface area contributed by atoms with Crippen LogP contribution in [0.15, 0.2) is 28.2 Å². The predicted octanol–water partition coefficient (Wildman–Crippen LogP) is 3.59. The van der Waals surface area contributed by atoms with E-state index >= 15 is 0 Å². The van der Waals surface area contributed by atoms with E-state index in [1.54, 1.807) is 0 Å². The van der Waals surface area contributed by atoms with Crippen LogP contribution >= 0.6 is 27.3 Å². The number of nitrogens with two attached hydrogens (primary N) is 1. The molecule has 1 aromatic carbocycles. The first-order valence-electron chi connectivity index (χ1n) is 4.30. The van der Waals surface area contributed by atoms with Gasteiger partial charge in [-0.05, 0) is 46.6 Å². The number of hydrogen-bond acceptors (Lipinski definition) is 4. The lowest BCUT2D eigenvalue weighted by Crippen LogP contribution is -1.90. The Morgan fingerprint density at radius 2 is 2.27 bits per heavy atom. The molecule has 3 nitrogen and oxygen atoms in total. The molecular formula is C10H9BrN2OS. The van der Waals surface area contributed by atoms with Crippen LogP contribution < -0.4 is 10.5 Å². The number of aryl methyl sites for hydroxylation is 1. The third-order valence-electron chi connectivity index (χ3n) is 1.85. The molecule has 0 spiro atoms. The highest BCUT2D eigenvalue weighted by Gasteiger charge is 2.05. The summed E-state index contributed by atoms with van der Waals surface area (Å²) >= 11 is 4.72. The number of halogens is 1. The Kier molecular flexibility index (Phi) is 2.93. The van der Waals surface area contributed by atoms with Gasteiger partial charge in [-0.3, -0.25) is 0 Å². The second kappa shape index (κ2) is 4.20. The van der Waals surface area contributed by atoms with Gasteiger partial charge in [0.1, 0.15) is 10.4 Å². The van der Waals surface area contributed by atoms with Crippen LogP contribution in [0.5, 0.6) is 10.9 Å². The summed E-state index contributed by atoms with van der Waals surface area (Å²) in [5, 5.41) is 2.50. The highest BCUT2D eigenvalue weighted by molar-refractivity contribution is 9.10. The molecule has 1 heterocycles. The standard InChI is InChI=1S/C10H9BrN2OS/c1-6-4-7(12)2-3-8(6)14-10-13-9(11)5-15-10/h2-5H,12H2,1H3. The maximum absolute atomic E-state index is 5.65. The van der Waals surface area contributed by atoms with Crippen LogP contribution in [-0.4, -0.2) is 4.98 Å². The molecule has 0 aliphatic rings. The van der Waals surface area contributed by atoms with Crippen molar-refractivity contribution in [2.24, 2.45) is 0 Å². The van der Waals surface area contributed by atoms with Gasteiger partial charge in [0.05, 0.1) is 0 Å². The molecule has 5 heteroatoms. The lowest BCUT2D eigenvalue weighted by atomic mass is 10.2. The summed E-state index contributed by atoms with van der Waals surface area (Å²) < 4.78 is 6.39. The zero-order valence-electron chi connectivity index (χ0n) is 8.03. The Bertz CT molecular complexity index is 484. The van der Waals surface area contributed by atoms with Gasteiger partial charge in [-0.1, -0.05) is 11.3 Å². The molecule has 2 rings (SSSR count). The fourth-order valence-electron chi connectivity index (χ4n) is 1.17. The van der Waals surface area contributed by atoms with Crippen LogP contribution in [0.4, 0.5) is 5.69 Å². The number of thiazole rings is 1. The van der Waals surface area contributed by atoms with Gasteiger partial charge in [-0.15, -0.1) is 0 Å². The molecule has 15 heavy (non-hydrogen) atoms. The van der Waals surface area contributed by atoms with Crippen molar-refractivity contribution < 1.29 is 4.74 Å². The average Bonchev–Trinajstić information content (AvgIpc) is 2.56. The number of nitrogens with zero attached hydrogens (tertiary/aromatic N) is 1. The van der Waals surface area contributed by atoms with E-state index in [0.717, 1.165) is 21.6 Å². The van der Waals surface area contributed by atoms with Crippen molar-refractivity contribution in [1.82, 2.24) is 4.98 Å². The third kappa shape index (κ3) is 2.49. The molecule has 78 valence electrons. The number of ether oxygens (including phenoxy) is 1. The van der Waals surface area contributed by atoms with E-state index in [4.69, 9.17) is 10.5 Å². The predicted molar refractivity (Wildman–Crippen MR) is 65.5 cm³/mol. The zero-order chi connectivity index (χ0) is 10.8. The van der Waals surface area contributed by atoms with Crippen LogP contribution in [0, 0.1) is 6.92 Å². The van der Waals surface area contributed by atoms with Gasteiger partial charge in [0.15, 0.2) is 0 Å². The number of aromatic nitrogens is 1. The minimum absolute atomic E-state index is 0.620. The first-order chi connectivity index (χ1) is 7.15. The molecule has 0 amide bonds. The monoisotopic (exact) mass is 284 g/mol. The van der Waals surface area contributed by atoms with Gasteiger partial charge in [0.2, 0.25) is 0 Å². The summed E-state index contributed by atoms with van der Waals surface area (Å²) in [6, 6.07) is 5.53. The SMILES string of the molecule is Cc1cc(N)ccc1Oc1nc(Br)cs1. The lowest BCUT2D eigenvalue weighted by Gasteiger charge is -2.05. The Morgan fingerprint density at radius 3 is 2.87 bits per heavy atom. The summed E-state index contributed by atoms with van der Waals surface area (Å²) in [7, 11) is 0. The normalized spacial score (nSPS) is 10.3. The van der Waals surface area contributed by atoms with Crippen molar-refractivity contribution >= 4 is 33.0 Å². The molecule has 0 saturated carbocycles. The number of rotatable bonds is 2. The molecule has 0 saturated heterocycles.